The molecule has 6 heteroatoms. The van der Waals surface area contributed by atoms with Gasteiger partial charge in [-0.25, -0.2) is 0 Å². The van der Waals surface area contributed by atoms with Crippen LogP contribution in [-0.4, -0.2) is 58.8 Å². The van der Waals surface area contributed by atoms with Gasteiger partial charge in [0.2, 0.25) is 5.91 Å². The fourth-order valence-electron chi connectivity index (χ4n) is 1.52. The number of terminal acetylenes is 1. The molecule has 0 saturated carbocycles. The van der Waals surface area contributed by atoms with Crippen molar-refractivity contribution in [1.29, 1.82) is 0 Å². The first-order valence-electron chi connectivity index (χ1n) is 4.91. The number of aliphatic hydroxyl groups is 3. The standard InChI is InChI=1S/C10H15NO5/c1-2-3-8(13)11-6-5-16-7(4-12)10(15)9(6)14/h1,6-7,9-10,12,14-15H,3-5H2,(H,11,13)/t6?,7?,9?,10-/m1/s1. The Morgan fingerprint density at radius 2 is 2.19 bits per heavy atom. The van der Waals surface area contributed by atoms with Gasteiger partial charge in [0.1, 0.15) is 18.3 Å². The number of aliphatic hydroxyl groups excluding tert-OH is 3. The average Bonchev–Trinajstić information content (AvgIpc) is 2.25. The molecule has 1 fully saturated rings. The Balaban J connectivity index is 2.52. The fraction of sp³-hybridized carbons (Fsp3) is 0.700. The van der Waals surface area contributed by atoms with Gasteiger partial charge in [-0.1, -0.05) is 5.92 Å². The molecule has 16 heavy (non-hydrogen) atoms. The third-order valence-electron chi connectivity index (χ3n) is 2.42. The summed E-state index contributed by atoms with van der Waals surface area (Å²) in [6.45, 7) is -0.358. The number of ether oxygens (including phenoxy) is 1. The number of amides is 1. The summed E-state index contributed by atoms with van der Waals surface area (Å²) in [5.41, 5.74) is 0. The highest BCUT2D eigenvalue weighted by Crippen LogP contribution is 2.15. The van der Waals surface area contributed by atoms with Crippen molar-refractivity contribution in [1.82, 2.24) is 5.32 Å². The van der Waals surface area contributed by atoms with Crippen molar-refractivity contribution in [2.24, 2.45) is 0 Å². The summed E-state index contributed by atoms with van der Waals surface area (Å²) in [7, 11) is 0. The van der Waals surface area contributed by atoms with Crippen LogP contribution in [0.3, 0.4) is 0 Å². The van der Waals surface area contributed by atoms with Crippen LogP contribution in [0, 0.1) is 12.3 Å². The normalized spacial score (nSPS) is 34.1. The molecule has 90 valence electrons. The summed E-state index contributed by atoms with van der Waals surface area (Å²) in [6, 6.07) is -0.710. The third kappa shape index (κ3) is 2.93. The van der Waals surface area contributed by atoms with E-state index in [0.29, 0.717) is 0 Å². The van der Waals surface area contributed by atoms with Gasteiger partial charge in [0.25, 0.3) is 0 Å². The predicted octanol–water partition coefficient (Wildman–Crippen LogP) is -2.39. The molecule has 1 rings (SSSR count). The maximum Gasteiger partial charge on any atom is 0.232 e. The molecule has 1 aliphatic rings. The van der Waals surface area contributed by atoms with E-state index in [4.69, 9.17) is 16.3 Å². The molecule has 1 saturated heterocycles. The Labute approximate surface area is 93.2 Å². The van der Waals surface area contributed by atoms with Gasteiger partial charge in [-0.2, -0.15) is 0 Å². The molecule has 0 aliphatic carbocycles. The minimum atomic E-state index is -1.23. The second-order valence-corrected chi connectivity index (χ2v) is 3.59. The lowest BCUT2D eigenvalue weighted by atomic mass is 9.98. The number of rotatable bonds is 3. The quantitative estimate of drug-likeness (QED) is 0.405. The van der Waals surface area contributed by atoms with Crippen molar-refractivity contribution in [3.8, 4) is 12.3 Å². The Bertz CT molecular complexity index is 287. The maximum atomic E-state index is 11.2. The van der Waals surface area contributed by atoms with Gasteiger partial charge >= 0.3 is 0 Å². The summed E-state index contributed by atoms with van der Waals surface area (Å²) >= 11 is 0. The molecule has 1 aliphatic heterocycles. The van der Waals surface area contributed by atoms with Crippen LogP contribution < -0.4 is 5.32 Å². The van der Waals surface area contributed by atoms with E-state index >= 15 is 0 Å². The molecular formula is C10H15NO5. The second kappa shape index (κ2) is 5.82. The first-order valence-corrected chi connectivity index (χ1v) is 4.91. The highest BCUT2D eigenvalue weighted by Gasteiger charge is 2.38. The topological polar surface area (TPSA) is 99.0 Å². The lowest BCUT2D eigenvalue weighted by Crippen LogP contribution is -2.59. The molecule has 0 bridgehead atoms. The van der Waals surface area contributed by atoms with Crippen molar-refractivity contribution < 1.29 is 24.9 Å². The highest BCUT2D eigenvalue weighted by molar-refractivity contribution is 5.78. The lowest BCUT2D eigenvalue weighted by molar-refractivity contribution is -0.164. The Kier molecular flexibility index (Phi) is 4.71. The van der Waals surface area contributed by atoms with Crippen LogP contribution in [0.25, 0.3) is 0 Å². The smallest absolute Gasteiger partial charge is 0.232 e. The minimum Gasteiger partial charge on any atom is -0.394 e. The molecule has 0 aromatic heterocycles. The second-order valence-electron chi connectivity index (χ2n) is 3.59. The molecule has 1 amide bonds. The van der Waals surface area contributed by atoms with E-state index in [2.05, 4.69) is 11.2 Å². The van der Waals surface area contributed by atoms with E-state index in [-0.39, 0.29) is 19.6 Å². The first-order chi connectivity index (χ1) is 7.60. The largest absolute Gasteiger partial charge is 0.394 e. The fourth-order valence-corrected chi connectivity index (χ4v) is 1.52. The summed E-state index contributed by atoms with van der Waals surface area (Å²) in [5, 5.41) is 30.4. The van der Waals surface area contributed by atoms with Crippen molar-refractivity contribution >= 4 is 5.91 Å². The number of nitrogens with one attached hydrogen (secondary N) is 1. The first kappa shape index (κ1) is 12.9. The SMILES string of the molecule is C#CCC(=O)NC1COC(CO)[C@@H](O)C1O. The molecule has 0 spiro atoms. The minimum absolute atomic E-state index is 0.0275. The van der Waals surface area contributed by atoms with Crippen LogP contribution in [0.1, 0.15) is 6.42 Å². The third-order valence-corrected chi connectivity index (χ3v) is 2.42. The van der Waals surface area contributed by atoms with E-state index in [1.165, 1.54) is 0 Å². The van der Waals surface area contributed by atoms with Crippen LogP contribution in [0.15, 0.2) is 0 Å². The van der Waals surface area contributed by atoms with Gasteiger partial charge in [0.15, 0.2) is 0 Å². The van der Waals surface area contributed by atoms with Gasteiger partial charge in [0, 0.05) is 0 Å². The zero-order valence-electron chi connectivity index (χ0n) is 8.67. The predicted molar refractivity (Wildman–Crippen MR) is 54.2 cm³/mol. The van der Waals surface area contributed by atoms with E-state index in [1.807, 2.05) is 0 Å². The molecule has 0 aromatic carbocycles. The van der Waals surface area contributed by atoms with E-state index in [1.54, 1.807) is 0 Å². The summed E-state index contributed by atoms with van der Waals surface area (Å²) in [5.74, 6) is 1.75. The number of carbonyl (C=O) groups is 1. The Hall–Kier alpha value is -1.13. The van der Waals surface area contributed by atoms with Crippen molar-refractivity contribution in [3.05, 3.63) is 0 Å². The van der Waals surface area contributed by atoms with Crippen LogP contribution >= 0.6 is 0 Å². The molecule has 1 heterocycles. The maximum absolute atomic E-state index is 11.2. The van der Waals surface area contributed by atoms with Gasteiger partial charge in [-0.3, -0.25) is 4.79 Å². The Morgan fingerprint density at radius 1 is 1.50 bits per heavy atom. The molecule has 0 aromatic rings. The van der Waals surface area contributed by atoms with E-state index in [9.17, 15) is 15.0 Å². The van der Waals surface area contributed by atoms with Gasteiger partial charge < -0.3 is 25.4 Å². The van der Waals surface area contributed by atoms with Crippen molar-refractivity contribution in [2.75, 3.05) is 13.2 Å². The number of hydrogen-bond donors (Lipinski definition) is 4. The Morgan fingerprint density at radius 3 is 2.75 bits per heavy atom. The van der Waals surface area contributed by atoms with Gasteiger partial charge in [0.05, 0.1) is 25.7 Å². The van der Waals surface area contributed by atoms with Crippen LogP contribution in [0.5, 0.6) is 0 Å². The molecule has 6 nitrogen and oxygen atoms in total. The lowest BCUT2D eigenvalue weighted by Gasteiger charge is -2.37. The van der Waals surface area contributed by atoms with Gasteiger partial charge in [-0.05, 0) is 0 Å². The van der Waals surface area contributed by atoms with Crippen molar-refractivity contribution in [2.45, 2.75) is 30.8 Å². The average molecular weight is 229 g/mol. The van der Waals surface area contributed by atoms with Crippen LogP contribution in [0.2, 0.25) is 0 Å². The summed E-state index contributed by atoms with van der Waals surface area (Å²) in [4.78, 5) is 11.2. The summed E-state index contributed by atoms with van der Waals surface area (Å²) < 4.78 is 5.08. The van der Waals surface area contributed by atoms with E-state index in [0.717, 1.165) is 0 Å². The molecule has 0 radical (unpaired) electrons. The van der Waals surface area contributed by atoms with E-state index < -0.39 is 30.3 Å². The molecule has 3 unspecified atom stereocenters. The summed E-state index contributed by atoms with van der Waals surface area (Å²) in [6.07, 6.45) is 1.63. The zero-order chi connectivity index (χ0) is 12.1. The highest BCUT2D eigenvalue weighted by atomic mass is 16.5. The van der Waals surface area contributed by atoms with Crippen LogP contribution in [-0.2, 0) is 9.53 Å². The molecular weight excluding hydrogens is 214 g/mol. The molecule has 4 N–H and O–H groups in total. The van der Waals surface area contributed by atoms with Crippen molar-refractivity contribution in [3.63, 3.8) is 0 Å². The number of carbonyl (C=O) groups excluding carboxylic acids is 1. The monoisotopic (exact) mass is 229 g/mol. The van der Waals surface area contributed by atoms with Gasteiger partial charge in [-0.15, -0.1) is 6.42 Å². The van der Waals surface area contributed by atoms with Crippen LogP contribution in [0.4, 0.5) is 0 Å². The molecule has 4 atom stereocenters. The number of hydrogen-bond acceptors (Lipinski definition) is 5. The zero-order valence-corrected chi connectivity index (χ0v) is 8.67.